The van der Waals surface area contributed by atoms with Crippen LogP contribution in [0.2, 0.25) is 0 Å². The van der Waals surface area contributed by atoms with Crippen LogP contribution in [-0.4, -0.2) is 11.9 Å². The van der Waals surface area contributed by atoms with E-state index in [0.29, 0.717) is 0 Å². The van der Waals surface area contributed by atoms with Crippen LogP contribution in [0.1, 0.15) is 0 Å². The standard InChI is InChI=1S/C5H8N6S/c6-3(7)10-4(8)11-5-9-1-2-12-5/h1-2H,(H6,6,7,8,9,10,11)/p+2. The van der Waals surface area contributed by atoms with Crippen molar-refractivity contribution < 1.29 is 9.98 Å². The average molecular weight is 186 g/mol. The molecule has 0 fully saturated rings. The van der Waals surface area contributed by atoms with Crippen molar-refractivity contribution in [2.75, 3.05) is 0 Å². The van der Waals surface area contributed by atoms with Crippen molar-refractivity contribution in [3.8, 4) is 0 Å². The summed E-state index contributed by atoms with van der Waals surface area (Å²) in [6.07, 6.45) is 1.77. The first-order valence-corrected chi connectivity index (χ1v) is 4.00. The van der Waals surface area contributed by atoms with Crippen LogP contribution in [0.25, 0.3) is 0 Å². The number of hydrogen-bond donors (Lipinski definition) is 4. The number of nitrogens with two attached hydrogens (primary N) is 3. The fraction of sp³-hybridized carbons (Fsp3) is 0. The predicted molar refractivity (Wildman–Crippen MR) is 46.5 cm³/mol. The Bertz CT molecular complexity index is 296. The van der Waals surface area contributed by atoms with Gasteiger partial charge >= 0.3 is 17.1 Å². The van der Waals surface area contributed by atoms with Gasteiger partial charge < -0.3 is 11.5 Å². The molecule has 0 amide bonds. The molecule has 0 aliphatic carbocycles. The SMILES string of the molecule is NC(N)=NC(N)=[NH+]c1[nH+]ccs1. The van der Waals surface area contributed by atoms with Gasteiger partial charge in [-0.25, -0.2) is 10.7 Å². The Kier molecular flexibility index (Phi) is 2.59. The number of hydrogen-bond acceptors (Lipinski definition) is 1. The molecule has 1 heterocycles. The number of nitrogens with zero attached hydrogens (tertiary/aromatic N) is 1. The lowest BCUT2D eigenvalue weighted by atomic mass is 10.9. The summed E-state index contributed by atoms with van der Waals surface area (Å²) < 4.78 is 0. The van der Waals surface area contributed by atoms with Gasteiger partial charge in [0.1, 0.15) is 0 Å². The molecule has 0 saturated carbocycles. The molecular weight excluding hydrogens is 176 g/mol. The Morgan fingerprint density at radius 2 is 2.25 bits per heavy atom. The minimum Gasteiger partial charge on any atom is -0.348 e. The summed E-state index contributed by atoms with van der Waals surface area (Å²) in [7, 11) is 0. The molecule has 0 aliphatic rings. The largest absolute Gasteiger partial charge is 0.487 e. The van der Waals surface area contributed by atoms with Crippen LogP contribution < -0.4 is 27.2 Å². The Morgan fingerprint density at radius 3 is 2.75 bits per heavy atom. The van der Waals surface area contributed by atoms with Gasteiger partial charge in [-0.05, 0) is 0 Å². The summed E-state index contributed by atoms with van der Waals surface area (Å²) in [6, 6.07) is 0. The lowest BCUT2D eigenvalue weighted by Gasteiger charge is -1.77. The average Bonchev–Trinajstić information content (AvgIpc) is 2.37. The van der Waals surface area contributed by atoms with E-state index in [9.17, 15) is 0 Å². The summed E-state index contributed by atoms with van der Waals surface area (Å²) in [6.45, 7) is 0. The highest BCUT2D eigenvalue weighted by molar-refractivity contribution is 7.12. The molecule has 8 N–H and O–H groups in total. The van der Waals surface area contributed by atoms with Gasteiger partial charge in [-0.15, -0.1) is 0 Å². The first-order valence-electron chi connectivity index (χ1n) is 3.13. The van der Waals surface area contributed by atoms with E-state index in [1.807, 2.05) is 5.38 Å². The fourth-order valence-corrected chi connectivity index (χ4v) is 1.17. The second kappa shape index (κ2) is 3.67. The van der Waals surface area contributed by atoms with E-state index in [-0.39, 0.29) is 11.9 Å². The molecule has 12 heavy (non-hydrogen) atoms. The van der Waals surface area contributed by atoms with E-state index < -0.39 is 0 Å². The summed E-state index contributed by atoms with van der Waals surface area (Å²) in [4.78, 5) is 9.25. The fourth-order valence-electron chi connectivity index (χ4n) is 0.595. The first-order chi connectivity index (χ1) is 5.68. The third kappa shape index (κ3) is 2.54. The van der Waals surface area contributed by atoms with E-state index in [1.165, 1.54) is 11.3 Å². The molecule has 0 atom stereocenters. The molecule has 0 bridgehead atoms. The molecule has 7 heteroatoms. The van der Waals surface area contributed by atoms with Crippen molar-refractivity contribution in [1.29, 1.82) is 0 Å². The molecule has 0 radical (unpaired) electrons. The van der Waals surface area contributed by atoms with Gasteiger partial charge in [0.2, 0.25) is 0 Å². The minimum atomic E-state index is -0.0726. The highest BCUT2D eigenvalue weighted by atomic mass is 32.1. The maximum absolute atomic E-state index is 5.41. The number of guanidine groups is 2. The molecule has 0 aromatic carbocycles. The highest BCUT2D eigenvalue weighted by Gasteiger charge is 2.06. The number of H-pyrrole nitrogens is 1. The van der Waals surface area contributed by atoms with E-state index in [2.05, 4.69) is 15.0 Å². The Labute approximate surface area is 72.8 Å². The second-order valence-electron chi connectivity index (χ2n) is 1.94. The highest BCUT2D eigenvalue weighted by Crippen LogP contribution is 1.95. The van der Waals surface area contributed by atoms with Gasteiger partial charge in [-0.2, -0.15) is 4.99 Å². The number of thiazole rings is 1. The van der Waals surface area contributed by atoms with Crippen molar-refractivity contribution in [1.82, 2.24) is 0 Å². The molecule has 0 saturated heterocycles. The van der Waals surface area contributed by atoms with Crippen LogP contribution in [-0.2, 0) is 0 Å². The van der Waals surface area contributed by atoms with E-state index in [4.69, 9.17) is 17.2 Å². The summed E-state index contributed by atoms with van der Waals surface area (Å²) >= 11 is 1.46. The quantitative estimate of drug-likeness (QED) is 0.274. The molecule has 1 aromatic heterocycles. The van der Waals surface area contributed by atoms with E-state index in [1.54, 1.807) is 6.20 Å². The zero-order valence-electron chi connectivity index (χ0n) is 6.24. The van der Waals surface area contributed by atoms with Gasteiger partial charge in [0.25, 0.3) is 0 Å². The molecule has 0 unspecified atom stereocenters. The van der Waals surface area contributed by atoms with Crippen molar-refractivity contribution in [2.24, 2.45) is 22.2 Å². The van der Waals surface area contributed by atoms with E-state index in [0.717, 1.165) is 5.13 Å². The van der Waals surface area contributed by atoms with Crippen molar-refractivity contribution in [2.45, 2.75) is 0 Å². The number of nitrogens with one attached hydrogen (secondary N) is 2. The molecular formula is C5H10N6S+2. The van der Waals surface area contributed by atoms with Crippen LogP contribution >= 0.6 is 11.3 Å². The molecule has 0 spiro atoms. The molecule has 6 nitrogen and oxygen atoms in total. The zero-order chi connectivity index (χ0) is 8.97. The Hall–Kier alpha value is -1.63. The van der Waals surface area contributed by atoms with Gasteiger partial charge in [0.15, 0.2) is 0 Å². The van der Waals surface area contributed by atoms with Crippen LogP contribution in [0, 0.1) is 0 Å². The topological polar surface area (TPSA) is 119 Å². The number of aromatic amines is 1. The van der Waals surface area contributed by atoms with Crippen molar-refractivity contribution >= 4 is 28.4 Å². The van der Waals surface area contributed by atoms with Crippen LogP contribution in [0.4, 0.5) is 5.13 Å². The molecule has 64 valence electrons. The van der Waals surface area contributed by atoms with Crippen molar-refractivity contribution in [3.63, 3.8) is 0 Å². The monoisotopic (exact) mass is 186 g/mol. The maximum atomic E-state index is 5.41. The predicted octanol–water partition coefficient (Wildman–Crippen LogP) is -3.14. The lowest BCUT2D eigenvalue weighted by molar-refractivity contribution is -0.508. The third-order valence-electron chi connectivity index (χ3n) is 0.960. The zero-order valence-corrected chi connectivity index (χ0v) is 7.06. The summed E-state index contributed by atoms with van der Waals surface area (Å²) in [5.74, 6) is 0.0882. The molecule has 0 aliphatic heterocycles. The number of rotatable bonds is 1. The van der Waals surface area contributed by atoms with Gasteiger partial charge in [-0.3, -0.25) is 0 Å². The molecule has 1 aromatic rings. The summed E-state index contributed by atoms with van der Waals surface area (Å²) in [5.41, 5.74) is 15.6. The van der Waals surface area contributed by atoms with Crippen LogP contribution in [0.15, 0.2) is 16.6 Å². The van der Waals surface area contributed by atoms with Crippen molar-refractivity contribution in [3.05, 3.63) is 11.6 Å². The van der Waals surface area contributed by atoms with Gasteiger partial charge in [-0.1, -0.05) is 11.3 Å². The lowest BCUT2D eigenvalue weighted by Crippen LogP contribution is -2.70. The third-order valence-corrected chi connectivity index (χ3v) is 1.69. The maximum Gasteiger partial charge on any atom is 0.487 e. The Morgan fingerprint density at radius 1 is 1.50 bits per heavy atom. The van der Waals surface area contributed by atoms with Gasteiger partial charge in [0, 0.05) is 10.4 Å². The van der Waals surface area contributed by atoms with Gasteiger partial charge in [0.05, 0.1) is 6.20 Å². The number of aliphatic imine (C=N–C) groups is 1. The smallest absolute Gasteiger partial charge is 0.348 e. The summed E-state index contributed by atoms with van der Waals surface area (Å²) in [5, 5.41) is 2.64. The second-order valence-corrected chi connectivity index (χ2v) is 2.86. The first kappa shape index (κ1) is 8.47. The minimum absolute atomic E-state index is 0.0726. The normalized spacial score (nSPS) is 11.2. The van der Waals surface area contributed by atoms with Crippen LogP contribution in [0.5, 0.6) is 0 Å². The number of aromatic nitrogens is 1. The molecule has 1 rings (SSSR count). The van der Waals surface area contributed by atoms with E-state index >= 15 is 0 Å². The Balaban J connectivity index is 2.77. The van der Waals surface area contributed by atoms with Crippen LogP contribution in [0.3, 0.4) is 0 Å².